The van der Waals surface area contributed by atoms with E-state index in [1.807, 2.05) is 0 Å². The first-order chi connectivity index (χ1) is 11.5. The van der Waals surface area contributed by atoms with E-state index in [4.69, 9.17) is 23.2 Å². The van der Waals surface area contributed by atoms with Gasteiger partial charge in [-0.3, -0.25) is 4.79 Å². The van der Waals surface area contributed by atoms with E-state index in [-0.39, 0.29) is 17.3 Å². The molecule has 0 saturated heterocycles. The summed E-state index contributed by atoms with van der Waals surface area (Å²) in [4.78, 5) is 12.3. The molecule has 1 heterocycles. The summed E-state index contributed by atoms with van der Waals surface area (Å²) in [5.74, 6) is -0.925. The van der Waals surface area contributed by atoms with Gasteiger partial charge in [0.15, 0.2) is 5.69 Å². The molecule has 0 aliphatic rings. The van der Waals surface area contributed by atoms with Gasteiger partial charge in [-0.15, -0.1) is 0 Å². The Balaban J connectivity index is 1.76. The number of nitrogens with one attached hydrogen (secondary N) is 2. The van der Waals surface area contributed by atoms with Gasteiger partial charge in [0.05, 0.1) is 5.02 Å². The molecular weight excluding hydrogens is 354 g/mol. The van der Waals surface area contributed by atoms with E-state index in [0.717, 1.165) is 0 Å². The average Bonchev–Trinajstić information content (AvgIpc) is 3.05. The monoisotopic (exact) mass is 364 g/mol. The molecular formula is C16H11Cl2FN4O. The molecule has 122 valence electrons. The molecule has 8 heteroatoms. The van der Waals surface area contributed by atoms with E-state index in [2.05, 4.69) is 20.7 Å². The minimum atomic E-state index is -0.508. The van der Waals surface area contributed by atoms with Crippen molar-refractivity contribution in [2.75, 3.05) is 0 Å². The third kappa shape index (κ3) is 3.55. The number of carbonyl (C=O) groups excluding carboxylic acids is 1. The first-order valence-electron chi connectivity index (χ1n) is 6.93. The highest BCUT2D eigenvalue weighted by Gasteiger charge is 2.18. The summed E-state index contributed by atoms with van der Waals surface area (Å²) in [7, 11) is 0. The molecule has 0 aliphatic carbocycles. The fourth-order valence-corrected chi connectivity index (χ4v) is 2.54. The lowest BCUT2D eigenvalue weighted by Crippen LogP contribution is -2.23. The van der Waals surface area contributed by atoms with Crippen LogP contribution in [0.5, 0.6) is 0 Å². The van der Waals surface area contributed by atoms with Gasteiger partial charge in [0.1, 0.15) is 11.5 Å². The van der Waals surface area contributed by atoms with Crippen molar-refractivity contribution >= 4 is 29.1 Å². The molecule has 2 aromatic carbocycles. The number of rotatable bonds is 4. The zero-order chi connectivity index (χ0) is 17.1. The fourth-order valence-electron chi connectivity index (χ4n) is 2.14. The molecule has 0 bridgehead atoms. The predicted molar refractivity (Wildman–Crippen MR) is 89.4 cm³/mol. The van der Waals surface area contributed by atoms with Crippen molar-refractivity contribution in [2.45, 2.75) is 6.54 Å². The summed E-state index contributed by atoms with van der Waals surface area (Å²) in [6.07, 6.45) is 0. The first-order valence-corrected chi connectivity index (χ1v) is 7.69. The molecule has 1 aromatic heterocycles. The van der Waals surface area contributed by atoms with Crippen LogP contribution in [0.4, 0.5) is 4.39 Å². The maximum atomic E-state index is 13.1. The van der Waals surface area contributed by atoms with Crippen molar-refractivity contribution in [1.82, 2.24) is 20.7 Å². The van der Waals surface area contributed by atoms with Crippen LogP contribution in [0.2, 0.25) is 10.0 Å². The lowest BCUT2D eigenvalue weighted by molar-refractivity contribution is 0.0946. The zero-order valence-corrected chi connectivity index (χ0v) is 13.7. The van der Waals surface area contributed by atoms with E-state index in [0.29, 0.717) is 21.8 Å². The van der Waals surface area contributed by atoms with Crippen molar-refractivity contribution < 1.29 is 9.18 Å². The number of carbonyl (C=O) groups is 1. The van der Waals surface area contributed by atoms with Crippen LogP contribution in [-0.4, -0.2) is 21.3 Å². The van der Waals surface area contributed by atoms with Gasteiger partial charge >= 0.3 is 0 Å². The minimum Gasteiger partial charge on any atom is -0.346 e. The van der Waals surface area contributed by atoms with Gasteiger partial charge in [-0.25, -0.2) is 4.39 Å². The molecule has 0 spiro atoms. The standard InChI is InChI=1S/C16H11Cl2FN4O/c17-11-3-1-2-10(7-11)14-15(22-23-21-14)16(24)20-8-9-4-5-13(19)12(18)6-9/h1-7H,8H2,(H,20,24)(H,21,22,23). The van der Waals surface area contributed by atoms with Crippen LogP contribution >= 0.6 is 23.2 Å². The number of H-pyrrole nitrogens is 1. The van der Waals surface area contributed by atoms with Crippen LogP contribution < -0.4 is 5.32 Å². The second-order valence-electron chi connectivity index (χ2n) is 4.96. The lowest BCUT2D eigenvalue weighted by atomic mass is 10.1. The molecule has 1 amide bonds. The Kier molecular flexibility index (Phi) is 4.78. The normalized spacial score (nSPS) is 10.6. The van der Waals surface area contributed by atoms with Crippen molar-refractivity contribution in [2.24, 2.45) is 0 Å². The summed E-state index contributed by atoms with van der Waals surface area (Å²) in [6.45, 7) is 0.181. The average molecular weight is 365 g/mol. The van der Waals surface area contributed by atoms with Crippen molar-refractivity contribution in [3.8, 4) is 11.3 Å². The lowest BCUT2D eigenvalue weighted by Gasteiger charge is -2.06. The zero-order valence-electron chi connectivity index (χ0n) is 12.2. The van der Waals surface area contributed by atoms with Crippen LogP contribution in [0.25, 0.3) is 11.3 Å². The Morgan fingerprint density at radius 3 is 2.75 bits per heavy atom. The number of halogens is 3. The highest BCUT2D eigenvalue weighted by molar-refractivity contribution is 6.31. The Hall–Kier alpha value is -2.44. The largest absolute Gasteiger partial charge is 0.346 e. The van der Waals surface area contributed by atoms with Gasteiger partial charge in [-0.05, 0) is 29.8 Å². The van der Waals surface area contributed by atoms with Crippen molar-refractivity contribution in [3.05, 3.63) is 69.6 Å². The maximum Gasteiger partial charge on any atom is 0.274 e. The molecule has 0 atom stereocenters. The summed E-state index contributed by atoms with van der Waals surface area (Å²) in [5, 5.41) is 13.6. The fraction of sp³-hybridized carbons (Fsp3) is 0.0625. The molecule has 0 saturated carbocycles. The van der Waals surface area contributed by atoms with E-state index >= 15 is 0 Å². The Morgan fingerprint density at radius 2 is 2.00 bits per heavy atom. The molecule has 3 rings (SSSR count). The third-order valence-electron chi connectivity index (χ3n) is 3.30. The Bertz CT molecular complexity index is 897. The van der Waals surface area contributed by atoms with Crippen LogP contribution in [0.3, 0.4) is 0 Å². The van der Waals surface area contributed by atoms with Gasteiger partial charge in [-0.1, -0.05) is 41.4 Å². The van der Waals surface area contributed by atoms with E-state index in [1.54, 1.807) is 30.3 Å². The van der Waals surface area contributed by atoms with Gasteiger partial charge in [0.25, 0.3) is 5.91 Å². The molecule has 0 unspecified atom stereocenters. The highest BCUT2D eigenvalue weighted by atomic mass is 35.5. The number of nitrogens with zero attached hydrogens (tertiary/aromatic N) is 2. The van der Waals surface area contributed by atoms with Crippen molar-refractivity contribution in [1.29, 1.82) is 0 Å². The molecule has 3 aromatic rings. The van der Waals surface area contributed by atoms with Crippen LogP contribution in [0.1, 0.15) is 16.1 Å². The second kappa shape index (κ2) is 6.98. The number of hydrogen-bond donors (Lipinski definition) is 2. The Morgan fingerprint density at radius 1 is 1.17 bits per heavy atom. The molecule has 0 aliphatic heterocycles. The van der Waals surface area contributed by atoms with E-state index in [9.17, 15) is 9.18 Å². The summed E-state index contributed by atoms with van der Waals surface area (Å²) < 4.78 is 13.1. The number of amides is 1. The van der Waals surface area contributed by atoms with E-state index in [1.165, 1.54) is 12.1 Å². The first kappa shape index (κ1) is 16.4. The second-order valence-corrected chi connectivity index (χ2v) is 5.81. The highest BCUT2D eigenvalue weighted by Crippen LogP contribution is 2.23. The SMILES string of the molecule is O=C(NCc1ccc(F)c(Cl)c1)c1n[nH]nc1-c1cccc(Cl)c1. The summed E-state index contributed by atoms with van der Waals surface area (Å²) in [6, 6.07) is 11.2. The topological polar surface area (TPSA) is 70.7 Å². The van der Waals surface area contributed by atoms with Gasteiger partial charge < -0.3 is 5.32 Å². The van der Waals surface area contributed by atoms with Crippen molar-refractivity contribution in [3.63, 3.8) is 0 Å². The van der Waals surface area contributed by atoms with Crippen LogP contribution in [-0.2, 0) is 6.54 Å². The van der Waals surface area contributed by atoms with Crippen LogP contribution in [0.15, 0.2) is 42.5 Å². The molecule has 0 fully saturated rings. The smallest absolute Gasteiger partial charge is 0.274 e. The molecule has 0 radical (unpaired) electrons. The van der Waals surface area contributed by atoms with Gasteiger partial charge in [0.2, 0.25) is 0 Å². The molecule has 24 heavy (non-hydrogen) atoms. The molecule has 5 nitrogen and oxygen atoms in total. The van der Waals surface area contributed by atoms with E-state index < -0.39 is 11.7 Å². The predicted octanol–water partition coefficient (Wildman–Crippen LogP) is 3.85. The number of benzene rings is 2. The third-order valence-corrected chi connectivity index (χ3v) is 3.82. The number of hydrogen-bond acceptors (Lipinski definition) is 3. The summed E-state index contributed by atoms with van der Waals surface area (Å²) >= 11 is 11.7. The summed E-state index contributed by atoms with van der Waals surface area (Å²) in [5.41, 5.74) is 1.88. The number of aromatic nitrogens is 3. The quantitative estimate of drug-likeness (QED) is 0.738. The van der Waals surface area contributed by atoms with Gasteiger partial charge in [0, 0.05) is 17.1 Å². The minimum absolute atomic E-state index is 0.00259. The Labute approximate surface area is 146 Å². The number of aromatic amines is 1. The molecule has 2 N–H and O–H groups in total. The van der Waals surface area contributed by atoms with Crippen LogP contribution in [0, 0.1) is 5.82 Å². The van der Waals surface area contributed by atoms with Gasteiger partial charge in [-0.2, -0.15) is 15.4 Å². The maximum absolute atomic E-state index is 13.1.